The summed E-state index contributed by atoms with van der Waals surface area (Å²) >= 11 is 2.60. The zero-order valence-corrected chi connectivity index (χ0v) is 10.9. The molecule has 0 saturated heterocycles. The first-order valence-corrected chi connectivity index (χ1v) is 12.7. The fourth-order valence-corrected chi connectivity index (χ4v) is 3.36. The first-order valence-electron chi connectivity index (χ1n) is 4.02. The van der Waals surface area contributed by atoms with Crippen molar-refractivity contribution >= 4 is 25.1 Å². The van der Waals surface area contributed by atoms with Gasteiger partial charge in [-0.25, -0.2) is 0 Å². The van der Waals surface area contributed by atoms with Gasteiger partial charge in [-0.2, -0.15) is 0 Å². The van der Waals surface area contributed by atoms with Crippen molar-refractivity contribution in [2.45, 2.75) is 23.4 Å². The van der Waals surface area contributed by atoms with Gasteiger partial charge in [0.25, 0.3) is 0 Å². The van der Waals surface area contributed by atoms with Crippen molar-refractivity contribution < 1.29 is 0 Å². The van der Waals surface area contributed by atoms with Gasteiger partial charge in [0, 0.05) is 0 Å². The summed E-state index contributed by atoms with van der Waals surface area (Å²) < 4.78 is 0. The predicted octanol–water partition coefficient (Wildman–Crippen LogP) is 3.83. The maximum atomic E-state index is 3.79. The Morgan fingerprint density at radius 3 is 2.25 bits per heavy atom. The average molecular weight is 294 g/mol. The first-order chi connectivity index (χ1) is 5.58. The van der Waals surface area contributed by atoms with Crippen molar-refractivity contribution in [2.75, 3.05) is 0 Å². The summed E-state index contributed by atoms with van der Waals surface area (Å²) in [5, 5.41) is 1.33. The zero-order chi connectivity index (χ0) is 9.03. The van der Waals surface area contributed by atoms with Crippen LogP contribution >= 0.6 is 14.1 Å². The van der Waals surface area contributed by atoms with Gasteiger partial charge in [-0.05, 0) is 0 Å². The molecule has 0 aliphatic heterocycles. The van der Waals surface area contributed by atoms with E-state index in [2.05, 4.69) is 56.1 Å². The summed E-state index contributed by atoms with van der Waals surface area (Å²) in [7, 11) is 0. The molecule has 1 aromatic carbocycles. The molecule has 0 N–H and O–H groups in total. The van der Waals surface area contributed by atoms with E-state index in [0.717, 1.165) is 0 Å². The van der Waals surface area contributed by atoms with Crippen molar-refractivity contribution in [2.24, 2.45) is 0 Å². The van der Waals surface area contributed by atoms with E-state index in [1.807, 2.05) is 0 Å². The fourth-order valence-electron chi connectivity index (χ4n) is 1.01. The Morgan fingerprint density at radius 2 is 1.75 bits per heavy atom. The standard InChI is InChI=1S/C10H15BrSe/c1-12(2,11)9-8-10-6-4-3-5-7-10/h3-7H,8-9H2,1-2H3. The molecule has 0 amide bonds. The predicted molar refractivity (Wildman–Crippen MR) is 61.4 cm³/mol. The van der Waals surface area contributed by atoms with E-state index in [4.69, 9.17) is 0 Å². The van der Waals surface area contributed by atoms with Gasteiger partial charge in [0.05, 0.1) is 0 Å². The molecule has 0 radical (unpaired) electrons. The Kier molecular flexibility index (Phi) is 3.82. The molecule has 0 spiro atoms. The van der Waals surface area contributed by atoms with Crippen LogP contribution in [-0.2, 0) is 6.42 Å². The van der Waals surface area contributed by atoms with E-state index < -0.39 is 11.0 Å². The average Bonchev–Trinajstić information content (AvgIpc) is 2.02. The summed E-state index contributed by atoms with van der Waals surface area (Å²) in [6.45, 7) is 0. The molecular weight excluding hydrogens is 279 g/mol. The molecule has 0 aliphatic rings. The van der Waals surface area contributed by atoms with Crippen LogP contribution in [0.2, 0.25) is 17.0 Å². The second kappa shape index (κ2) is 4.45. The van der Waals surface area contributed by atoms with Crippen molar-refractivity contribution in [3.05, 3.63) is 35.9 Å². The van der Waals surface area contributed by atoms with Gasteiger partial charge in [-0.3, -0.25) is 0 Å². The monoisotopic (exact) mass is 294 g/mol. The van der Waals surface area contributed by atoms with Crippen LogP contribution in [0.3, 0.4) is 0 Å². The molecule has 0 unspecified atom stereocenters. The third-order valence-corrected chi connectivity index (χ3v) is 5.87. The molecule has 12 heavy (non-hydrogen) atoms. The Hall–Kier alpha value is 0.219. The normalized spacial score (nSPS) is 12.9. The second-order valence-corrected chi connectivity index (χ2v) is 19.2. The first kappa shape index (κ1) is 10.3. The van der Waals surface area contributed by atoms with Gasteiger partial charge in [0.1, 0.15) is 0 Å². The van der Waals surface area contributed by atoms with Crippen molar-refractivity contribution in [1.82, 2.24) is 0 Å². The second-order valence-electron chi connectivity index (χ2n) is 3.34. The van der Waals surface area contributed by atoms with Crippen LogP contribution in [-0.4, -0.2) is 11.0 Å². The third-order valence-electron chi connectivity index (χ3n) is 1.72. The molecule has 0 atom stereocenters. The molecule has 0 fully saturated rings. The van der Waals surface area contributed by atoms with Gasteiger partial charge >= 0.3 is 84.4 Å². The number of aryl methyl sites for hydroxylation is 1. The van der Waals surface area contributed by atoms with Crippen LogP contribution in [0.5, 0.6) is 0 Å². The summed E-state index contributed by atoms with van der Waals surface area (Å²) in [5.41, 5.74) is 1.46. The summed E-state index contributed by atoms with van der Waals surface area (Å²) in [6.07, 6.45) is 1.22. The van der Waals surface area contributed by atoms with Gasteiger partial charge in [-0.1, -0.05) is 0 Å². The molecule has 0 bridgehead atoms. The number of benzene rings is 1. The van der Waals surface area contributed by atoms with E-state index in [1.165, 1.54) is 17.3 Å². The Morgan fingerprint density at radius 1 is 1.17 bits per heavy atom. The van der Waals surface area contributed by atoms with Crippen molar-refractivity contribution in [1.29, 1.82) is 0 Å². The summed E-state index contributed by atoms with van der Waals surface area (Å²) in [6, 6.07) is 10.7. The molecule has 0 aliphatic carbocycles. The number of hydrogen-bond donors (Lipinski definition) is 0. The third kappa shape index (κ3) is 4.30. The minimum atomic E-state index is -1.19. The Bertz CT molecular complexity index is 225. The molecule has 2 heteroatoms. The van der Waals surface area contributed by atoms with E-state index in [9.17, 15) is 0 Å². The maximum absolute atomic E-state index is 3.79. The zero-order valence-electron chi connectivity index (χ0n) is 7.59. The van der Waals surface area contributed by atoms with Crippen LogP contribution in [0, 0.1) is 0 Å². The van der Waals surface area contributed by atoms with Crippen LogP contribution < -0.4 is 0 Å². The van der Waals surface area contributed by atoms with Crippen LogP contribution in [0.25, 0.3) is 0 Å². The summed E-state index contributed by atoms with van der Waals surface area (Å²) in [4.78, 5) is 0. The summed E-state index contributed by atoms with van der Waals surface area (Å²) in [5.74, 6) is 4.72. The number of hydrogen-bond acceptors (Lipinski definition) is 0. The van der Waals surface area contributed by atoms with E-state index in [1.54, 1.807) is 0 Å². The van der Waals surface area contributed by atoms with Crippen LogP contribution in [0.1, 0.15) is 5.56 Å². The molecular formula is C10H15BrSe. The van der Waals surface area contributed by atoms with Gasteiger partial charge in [-0.15, -0.1) is 0 Å². The molecule has 0 saturated carbocycles. The number of rotatable bonds is 3. The van der Waals surface area contributed by atoms with E-state index in [0.29, 0.717) is 0 Å². The van der Waals surface area contributed by atoms with Gasteiger partial charge in [0.2, 0.25) is 0 Å². The fraction of sp³-hybridized carbons (Fsp3) is 0.400. The molecule has 0 heterocycles. The van der Waals surface area contributed by atoms with Crippen molar-refractivity contribution in [3.63, 3.8) is 0 Å². The topological polar surface area (TPSA) is 0 Å². The molecule has 1 aromatic rings. The van der Waals surface area contributed by atoms with Gasteiger partial charge in [0.15, 0.2) is 0 Å². The molecule has 1 rings (SSSR count). The Balaban J connectivity index is 2.44. The van der Waals surface area contributed by atoms with Crippen molar-refractivity contribution in [3.8, 4) is 0 Å². The quantitative estimate of drug-likeness (QED) is 0.743. The number of halogens is 1. The van der Waals surface area contributed by atoms with E-state index in [-0.39, 0.29) is 0 Å². The van der Waals surface area contributed by atoms with Crippen LogP contribution in [0.4, 0.5) is 0 Å². The molecule has 0 nitrogen and oxygen atoms in total. The molecule has 0 aromatic heterocycles. The minimum absolute atomic E-state index is 1.19. The van der Waals surface area contributed by atoms with E-state index >= 15 is 0 Å². The molecule has 68 valence electrons. The Labute approximate surface area is 84.3 Å². The SMILES string of the molecule is C[Se](C)(Br)CCc1ccccc1. The van der Waals surface area contributed by atoms with Crippen LogP contribution in [0.15, 0.2) is 30.3 Å². The van der Waals surface area contributed by atoms with Gasteiger partial charge < -0.3 is 0 Å².